The van der Waals surface area contributed by atoms with E-state index in [0.29, 0.717) is 32.4 Å². The Balaban J connectivity index is 2.17. The first-order chi connectivity index (χ1) is 10.2. The first-order valence-corrected chi connectivity index (χ1v) is 6.69. The fourth-order valence-corrected chi connectivity index (χ4v) is 1.94. The molecule has 116 valence electrons. The zero-order valence-electron chi connectivity index (χ0n) is 12.3. The van der Waals surface area contributed by atoms with Gasteiger partial charge in [-0.3, -0.25) is 5.73 Å². The Labute approximate surface area is 124 Å². The highest BCUT2D eigenvalue weighted by molar-refractivity contribution is 5.92. The first kappa shape index (κ1) is 15.7. The molecule has 0 saturated carbocycles. The first-order valence-electron chi connectivity index (χ1n) is 6.69. The average molecular weight is 295 g/mol. The normalized spacial score (nSPS) is 20.4. The molecule has 1 heterocycles. The van der Waals surface area contributed by atoms with E-state index < -0.39 is 5.85 Å². The molecule has 1 aromatic carbocycles. The Morgan fingerprint density at radius 2 is 1.81 bits per heavy atom. The smallest absolute Gasteiger partial charge is 0.293 e. The van der Waals surface area contributed by atoms with Gasteiger partial charge in [0, 0.05) is 19.8 Å². The van der Waals surface area contributed by atoms with Gasteiger partial charge >= 0.3 is 0 Å². The number of nitrogens with one attached hydrogen (secondary N) is 1. The fourth-order valence-electron chi connectivity index (χ4n) is 1.94. The molecular weight excluding hydrogens is 274 g/mol. The topological polar surface area (TPSA) is 87.3 Å². The summed E-state index contributed by atoms with van der Waals surface area (Å²) in [6, 6.07) is 7.86. The third kappa shape index (κ3) is 3.92. The summed E-state index contributed by atoms with van der Waals surface area (Å²) >= 11 is 0. The lowest BCUT2D eigenvalue weighted by molar-refractivity contribution is -0.0602. The van der Waals surface area contributed by atoms with E-state index in [4.69, 9.17) is 24.7 Å². The Kier molecular flexibility index (Phi) is 5.51. The van der Waals surface area contributed by atoms with Crippen LogP contribution in [0.2, 0.25) is 0 Å². The molecule has 1 atom stereocenters. The van der Waals surface area contributed by atoms with E-state index in [2.05, 4.69) is 10.3 Å². The summed E-state index contributed by atoms with van der Waals surface area (Å²) in [5, 5.41) is 3.08. The molecule has 0 amide bonds. The van der Waals surface area contributed by atoms with Gasteiger partial charge in [-0.15, -0.1) is 0 Å². The predicted octanol–water partition coefficient (Wildman–Crippen LogP) is 0.863. The fraction of sp³-hybridized carbons (Fsp3) is 0.500. The number of rotatable bonds is 7. The number of para-hydroxylation sites is 1. The summed E-state index contributed by atoms with van der Waals surface area (Å²) < 4.78 is 21.1. The lowest BCUT2D eigenvalue weighted by Gasteiger charge is -2.32. The number of methoxy groups -OCH3 is 2. The lowest BCUT2D eigenvalue weighted by atomic mass is 10.1. The minimum absolute atomic E-state index is 0.311. The van der Waals surface area contributed by atoms with Crippen molar-refractivity contribution in [3.05, 3.63) is 29.8 Å². The van der Waals surface area contributed by atoms with Gasteiger partial charge in [-0.05, 0) is 6.07 Å². The van der Waals surface area contributed by atoms with Gasteiger partial charge in [0.2, 0.25) is 5.85 Å². The van der Waals surface area contributed by atoms with Gasteiger partial charge in [0.05, 0.1) is 25.5 Å². The van der Waals surface area contributed by atoms with Crippen LogP contribution in [0, 0.1) is 0 Å². The second-order valence-electron chi connectivity index (χ2n) is 4.47. The number of fused-ring (bicyclic) bond motifs is 1. The van der Waals surface area contributed by atoms with Gasteiger partial charge in [0.25, 0.3) is 6.02 Å². The molecule has 0 bridgehead atoms. The molecule has 1 aromatic rings. The number of benzene rings is 1. The molecule has 0 fully saturated rings. The van der Waals surface area contributed by atoms with Crippen LogP contribution in [0.5, 0.6) is 0 Å². The Morgan fingerprint density at radius 1 is 1.10 bits per heavy atom. The molecule has 0 spiro atoms. The number of hydrogen-bond acceptors (Lipinski definition) is 7. The van der Waals surface area contributed by atoms with Gasteiger partial charge in [-0.1, -0.05) is 18.2 Å². The van der Waals surface area contributed by atoms with Crippen LogP contribution < -0.4 is 11.1 Å². The van der Waals surface area contributed by atoms with Crippen LogP contribution in [0.3, 0.4) is 0 Å². The molecule has 1 unspecified atom stereocenters. The summed E-state index contributed by atoms with van der Waals surface area (Å²) in [4.78, 5) is 4.33. The molecule has 3 N–H and O–H groups in total. The predicted molar refractivity (Wildman–Crippen MR) is 79.0 cm³/mol. The van der Waals surface area contributed by atoms with Crippen molar-refractivity contribution in [1.82, 2.24) is 0 Å². The molecule has 21 heavy (non-hydrogen) atoms. The van der Waals surface area contributed by atoms with Crippen molar-refractivity contribution < 1.29 is 18.9 Å². The van der Waals surface area contributed by atoms with Gasteiger partial charge in [0.1, 0.15) is 6.61 Å². The van der Waals surface area contributed by atoms with Crippen molar-refractivity contribution in [3.8, 4) is 0 Å². The molecule has 7 heteroatoms. The van der Waals surface area contributed by atoms with E-state index in [-0.39, 0.29) is 0 Å². The second kappa shape index (κ2) is 7.37. The number of nitrogens with two attached hydrogens (primary N) is 1. The molecule has 1 aliphatic rings. The third-order valence-electron chi connectivity index (χ3n) is 2.96. The average Bonchev–Trinajstić information content (AvgIpc) is 2.48. The minimum Gasteiger partial charge on any atom is -0.463 e. The van der Waals surface area contributed by atoms with Gasteiger partial charge < -0.3 is 24.3 Å². The van der Waals surface area contributed by atoms with E-state index >= 15 is 0 Å². The molecular formula is C14H21N3O4. The van der Waals surface area contributed by atoms with Crippen molar-refractivity contribution in [1.29, 1.82) is 0 Å². The lowest BCUT2D eigenvalue weighted by Crippen LogP contribution is -2.44. The summed E-state index contributed by atoms with van der Waals surface area (Å²) in [7, 11) is 3.21. The van der Waals surface area contributed by atoms with Crippen LogP contribution >= 0.6 is 0 Å². The highest BCUT2D eigenvalue weighted by Crippen LogP contribution is 2.32. The number of anilines is 1. The Morgan fingerprint density at radius 3 is 2.57 bits per heavy atom. The maximum Gasteiger partial charge on any atom is 0.293 e. The molecule has 7 nitrogen and oxygen atoms in total. The zero-order chi connectivity index (χ0) is 15.1. The second-order valence-corrected chi connectivity index (χ2v) is 4.47. The van der Waals surface area contributed by atoms with Crippen molar-refractivity contribution in [2.75, 3.05) is 46.0 Å². The largest absolute Gasteiger partial charge is 0.463 e. The van der Waals surface area contributed by atoms with Gasteiger partial charge in [0.15, 0.2) is 0 Å². The summed E-state index contributed by atoms with van der Waals surface area (Å²) in [6.07, 6.45) is 0. The summed E-state index contributed by atoms with van der Waals surface area (Å²) in [5.41, 5.74) is 7.85. The highest BCUT2D eigenvalue weighted by Gasteiger charge is 2.35. The zero-order valence-corrected chi connectivity index (χ0v) is 12.3. The number of hydrogen-bond donors (Lipinski definition) is 2. The number of amidine groups is 1. The van der Waals surface area contributed by atoms with Crippen molar-refractivity contribution in [2.45, 2.75) is 5.85 Å². The molecule has 0 saturated heterocycles. The van der Waals surface area contributed by atoms with Crippen LogP contribution in [0.4, 0.5) is 5.69 Å². The molecule has 1 aliphatic heterocycles. The molecule has 0 radical (unpaired) electrons. The van der Waals surface area contributed by atoms with E-state index in [1.54, 1.807) is 14.2 Å². The third-order valence-corrected chi connectivity index (χ3v) is 2.96. The van der Waals surface area contributed by atoms with Crippen LogP contribution in [0.1, 0.15) is 5.56 Å². The standard InChI is InChI=1S/C14H21N3O4/c1-18-7-9-20-13-16-12-6-4-3-5-11(12)14(15,17-13)21-10-8-19-2/h3-6H,7-10,15H2,1-2H3,(H,16,17). The van der Waals surface area contributed by atoms with E-state index in [1.807, 2.05) is 24.3 Å². The van der Waals surface area contributed by atoms with Crippen LogP contribution in [0.25, 0.3) is 0 Å². The van der Waals surface area contributed by atoms with Gasteiger partial charge in [-0.2, -0.15) is 4.99 Å². The van der Waals surface area contributed by atoms with Crippen molar-refractivity contribution >= 4 is 11.7 Å². The SMILES string of the molecule is COCCOC1=NC(N)(OCCOC)c2ccccc2N1. The monoisotopic (exact) mass is 295 g/mol. The van der Waals surface area contributed by atoms with Crippen LogP contribution in [-0.4, -0.2) is 46.7 Å². The Bertz CT molecular complexity index is 495. The quantitative estimate of drug-likeness (QED) is 0.573. The Hall–Kier alpha value is -1.67. The van der Waals surface area contributed by atoms with E-state index in [1.165, 1.54) is 0 Å². The molecule has 0 aromatic heterocycles. The number of nitrogens with zero attached hydrogens (tertiary/aromatic N) is 1. The summed E-state index contributed by atoms with van der Waals surface area (Å²) in [5.74, 6) is -1.29. The minimum atomic E-state index is -1.29. The number of ether oxygens (including phenoxy) is 4. The molecule has 2 rings (SSSR count). The van der Waals surface area contributed by atoms with E-state index in [9.17, 15) is 0 Å². The summed E-state index contributed by atoms with van der Waals surface area (Å²) in [6.45, 7) is 1.60. The maximum atomic E-state index is 6.29. The van der Waals surface area contributed by atoms with E-state index in [0.717, 1.165) is 11.3 Å². The van der Waals surface area contributed by atoms with Crippen LogP contribution in [0.15, 0.2) is 29.3 Å². The maximum absolute atomic E-state index is 6.29. The van der Waals surface area contributed by atoms with Gasteiger partial charge in [-0.25, -0.2) is 0 Å². The van der Waals surface area contributed by atoms with Crippen molar-refractivity contribution in [2.24, 2.45) is 10.7 Å². The van der Waals surface area contributed by atoms with Crippen molar-refractivity contribution in [3.63, 3.8) is 0 Å². The molecule has 0 aliphatic carbocycles. The van der Waals surface area contributed by atoms with Crippen LogP contribution in [-0.2, 0) is 24.8 Å². The highest BCUT2D eigenvalue weighted by atomic mass is 16.6. The number of aliphatic imine (C=N–C) groups is 1.